The van der Waals surface area contributed by atoms with E-state index in [2.05, 4.69) is 0 Å². The zero-order valence-electron chi connectivity index (χ0n) is 13.4. The minimum absolute atomic E-state index is 0.109. The number of hydrogen-bond donors (Lipinski definition) is 1. The van der Waals surface area contributed by atoms with E-state index in [0.29, 0.717) is 18.4 Å². The summed E-state index contributed by atoms with van der Waals surface area (Å²) in [6, 6.07) is 7.56. The predicted octanol–water partition coefficient (Wildman–Crippen LogP) is 1.32. The fourth-order valence-electron chi connectivity index (χ4n) is 3.85. The van der Waals surface area contributed by atoms with Crippen LogP contribution < -0.4 is 5.73 Å². The maximum Gasteiger partial charge on any atom is 0.338 e. The highest BCUT2D eigenvalue weighted by Crippen LogP contribution is 2.41. The Labute approximate surface area is 139 Å². The Morgan fingerprint density at radius 3 is 2.50 bits per heavy atom. The second kappa shape index (κ2) is 6.51. The fourth-order valence-corrected chi connectivity index (χ4v) is 3.85. The standard InChI is InChI=1S/C17H20N2O5/c1-23-16(21)14-12-8-7-11(19(12)17(18)22)9-13(14)24-15(20)10-5-3-2-4-6-10/h2-6,11-14H,7-9H2,1H3,(H2,18,22)/t11-,12+,13+,14-/m1/s1. The molecule has 0 aliphatic carbocycles. The van der Waals surface area contributed by atoms with Crippen LogP contribution in [0.25, 0.3) is 0 Å². The number of hydrogen-bond acceptors (Lipinski definition) is 5. The van der Waals surface area contributed by atoms with E-state index in [1.54, 1.807) is 30.3 Å². The van der Waals surface area contributed by atoms with Crippen molar-refractivity contribution in [3.63, 3.8) is 0 Å². The largest absolute Gasteiger partial charge is 0.469 e. The van der Waals surface area contributed by atoms with Crippen LogP contribution in [0.15, 0.2) is 30.3 Å². The molecule has 7 heteroatoms. The third kappa shape index (κ3) is 2.81. The fraction of sp³-hybridized carbons (Fsp3) is 0.471. The Morgan fingerprint density at radius 2 is 1.88 bits per heavy atom. The van der Waals surface area contributed by atoms with Gasteiger partial charge in [-0.3, -0.25) is 4.79 Å². The average molecular weight is 332 g/mol. The first-order valence-corrected chi connectivity index (χ1v) is 7.94. The summed E-state index contributed by atoms with van der Waals surface area (Å²) in [4.78, 5) is 37.8. The Balaban J connectivity index is 1.83. The van der Waals surface area contributed by atoms with Crippen molar-refractivity contribution in [1.82, 2.24) is 4.90 Å². The van der Waals surface area contributed by atoms with E-state index >= 15 is 0 Å². The maximum atomic E-state index is 12.3. The van der Waals surface area contributed by atoms with Crippen molar-refractivity contribution in [2.24, 2.45) is 11.7 Å². The number of methoxy groups -OCH3 is 1. The van der Waals surface area contributed by atoms with Crippen LogP contribution in [0.2, 0.25) is 0 Å². The summed E-state index contributed by atoms with van der Waals surface area (Å²) in [6.45, 7) is 0. The van der Waals surface area contributed by atoms with Gasteiger partial charge in [0.05, 0.1) is 18.7 Å². The molecule has 2 saturated heterocycles. The number of fused-ring (bicyclic) bond motifs is 2. The van der Waals surface area contributed by atoms with E-state index in [1.165, 1.54) is 12.0 Å². The summed E-state index contributed by atoms with van der Waals surface area (Å²) in [5.41, 5.74) is 5.88. The summed E-state index contributed by atoms with van der Waals surface area (Å²) >= 11 is 0. The van der Waals surface area contributed by atoms with Crippen LogP contribution in [-0.4, -0.2) is 48.2 Å². The van der Waals surface area contributed by atoms with Crippen LogP contribution in [0.3, 0.4) is 0 Å². The SMILES string of the molecule is COC(=O)[C@H]1[C@@H](OC(=O)c2ccccc2)C[C@H]2CC[C@@H]1N2C(N)=O. The van der Waals surface area contributed by atoms with Gasteiger partial charge in [-0.2, -0.15) is 0 Å². The number of rotatable bonds is 3. The number of esters is 2. The number of benzene rings is 1. The van der Waals surface area contributed by atoms with E-state index in [4.69, 9.17) is 15.2 Å². The first-order valence-electron chi connectivity index (χ1n) is 7.94. The number of ether oxygens (including phenoxy) is 2. The van der Waals surface area contributed by atoms with Crippen LogP contribution in [0.4, 0.5) is 4.79 Å². The molecular weight excluding hydrogens is 312 g/mol. The lowest BCUT2D eigenvalue weighted by Crippen LogP contribution is -2.58. The molecule has 2 amide bonds. The Morgan fingerprint density at radius 1 is 1.17 bits per heavy atom. The van der Waals surface area contributed by atoms with E-state index in [9.17, 15) is 14.4 Å². The number of urea groups is 1. The van der Waals surface area contributed by atoms with Crippen LogP contribution in [-0.2, 0) is 14.3 Å². The maximum absolute atomic E-state index is 12.3. The smallest absolute Gasteiger partial charge is 0.338 e. The van der Waals surface area contributed by atoms with Crippen LogP contribution in [0.1, 0.15) is 29.6 Å². The van der Waals surface area contributed by atoms with E-state index in [0.717, 1.165) is 6.42 Å². The van der Waals surface area contributed by atoms with Gasteiger partial charge in [0.1, 0.15) is 12.0 Å². The monoisotopic (exact) mass is 332 g/mol. The van der Waals surface area contributed by atoms with Gasteiger partial charge in [-0.1, -0.05) is 18.2 Å². The normalized spacial score (nSPS) is 28.3. The molecule has 7 nitrogen and oxygen atoms in total. The van der Waals surface area contributed by atoms with Crippen LogP contribution >= 0.6 is 0 Å². The minimum atomic E-state index is -0.714. The molecule has 0 unspecified atom stereocenters. The molecule has 24 heavy (non-hydrogen) atoms. The molecule has 0 aromatic heterocycles. The third-order valence-corrected chi connectivity index (χ3v) is 4.86. The summed E-state index contributed by atoms with van der Waals surface area (Å²) in [5.74, 6) is -1.69. The number of nitrogens with zero attached hydrogens (tertiary/aromatic N) is 1. The van der Waals surface area contributed by atoms with Gasteiger partial charge < -0.3 is 20.1 Å². The third-order valence-electron chi connectivity index (χ3n) is 4.86. The van der Waals surface area contributed by atoms with E-state index < -0.39 is 30.0 Å². The van der Waals surface area contributed by atoms with Crippen molar-refractivity contribution < 1.29 is 23.9 Å². The number of piperidine rings is 1. The second-order valence-corrected chi connectivity index (χ2v) is 6.14. The van der Waals surface area contributed by atoms with E-state index in [1.807, 2.05) is 0 Å². The molecule has 0 saturated carbocycles. The molecule has 1 aromatic rings. The highest BCUT2D eigenvalue weighted by Gasteiger charge is 2.53. The van der Waals surface area contributed by atoms with Crippen LogP contribution in [0.5, 0.6) is 0 Å². The molecule has 1 aromatic carbocycles. The summed E-state index contributed by atoms with van der Waals surface area (Å²) in [7, 11) is 1.29. The molecule has 128 valence electrons. The number of amides is 2. The molecule has 2 aliphatic rings. The first-order chi connectivity index (χ1) is 11.5. The second-order valence-electron chi connectivity index (χ2n) is 6.14. The average Bonchev–Trinajstić information content (AvgIpc) is 2.90. The van der Waals surface area contributed by atoms with E-state index in [-0.39, 0.29) is 12.1 Å². The zero-order valence-corrected chi connectivity index (χ0v) is 13.4. The molecule has 0 spiro atoms. The summed E-state index contributed by atoms with van der Waals surface area (Å²) in [5, 5.41) is 0. The summed E-state index contributed by atoms with van der Waals surface area (Å²) in [6.07, 6.45) is 1.14. The molecule has 2 aliphatic heterocycles. The lowest BCUT2D eigenvalue weighted by Gasteiger charge is -2.41. The number of nitrogens with two attached hydrogens (primary N) is 1. The molecule has 3 rings (SSSR count). The van der Waals surface area contributed by atoms with Gasteiger partial charge in [-0.25, -0.2) is 9.59 Å². The van der Waals surface area contributed by atoms with Crippen molar-refractivity contribution in [1.29, 1.82) is 0 Å². The Kier molecular flexibility index (Phi) is 4.42. The molecule has 2 N–H and O–H groups in total. The number of carbonyl (C=O) groups is 3. The summed E-state index contributed by atoms with van der Waals surface area (Å²) < 4.78 is 10.5. The topological polar surface area (TPSA) is 98.9 Å². The first kappa shape index (κ1) is 16.3. The lowest BCUT2D eigenvalue weighted by molar-refractivity contribution is -0.155. The minimum Gasteiger partial charge on any atom is -0.469 e. The molecule has 2 fully saturated rings. The molecular formula is C17H20N2O5. The Bertz CT molecular complexity index is 648. The molecule has 0 radical (unpaired) electrons. The van der Waals surface area contributed by atoms with Gasteiger partial charge in [-0.15, -0.1) is 0 Å². The van der Waals surface area contributed by atoms with Crippen molar-refractivity contribution in [3.8, 4) is 0 Å². The predicted molar refractivity (Wildman–Crippen MR) is 84.0 cm³/mol. The van der Waals surface area contributed by atoms with Crippen molar-refractivity contribution >= 4 is 18.0 Å². The van der Waals surface area contributed by atoms with Crippen molar-refractivity contribution in [3.05, 3.63) is 35.9 Å². The Hall–Kier alpha value is -2.57. The molecule has 2 heterocycles. The molecule has 2 bridgehead atoms. The van der Waals surface area contributed by atoms with Gasteiger partial charge in [-0.05, 0) is 25.0 Å². The van der Waals surface area contributed by atoms with Crippen LogP contribution in [0, 0.1) is 5.92 Å². The van der Waals surface area contributed by atoms with Crippen molar-refractivity contribution in [2.75, 3.05) is 7.11 Å². The lowest BCUT2D eigenvalue weighted by atomic mass is 9.87. The highest BCUT2D eigenvalue weighted by molar-refractivity contribution is 5.90. The quantitative estimate of drug-likeness (QED) is 0.842. The number of carbonyl (C=O) groups excluding carboxylic acids is 3. The zero-order chi connectivity index (χ0) is 17.3. The van der Waals surface area contributed by atoms with Crippen molar-refractivity contribution in [2.45, 2.75) is 37.5 Å². The van der Waals surface area contributed by atoms with Gasteiger partial charge in [0.15, 0.2) is 0 Å². The highest BCUT2D eigenvalue weighted by atomic mass is 16.6. The molecule has 4 atom stereocenters. The van der Waals surface area contributed by atoms with Gasteiger partial charge in [0.2, 0.25) is 0 Å². The van der Waals surface area contributed by atoms with Gasteiger partial charge in [0, 0.05) is 12.5 Å². The number of primary amides is 1. The van der Waals surface area contributed by atoms with Gasteiger partial charge in [0.25, 0.3) is 0 Å². The van der Waals surface area contributed by atoms with Gasteiger partial charge >= 0.3 is 18.0 Å².